The first kappa shape index (κ1) is 34.5. The lowest BCUT2D eigenvalue weighted by molar-refractivity contribution is -0.132. The van der Waals surface area contributed by atoms with Gasteiger partial charge in [-0.05, 0) is 79.6 Å². The highest BCUT2D eigenvalue weighted by Gasteiger charge is 2.41. The van der Waals surface area contributed by atoms with E-state index in [-0.39, 0.29) is 17.9 Å². The summed E-state index contributed by atoms with van der Waals surface area (Å²) in [6, 6.07) is 0.345. The first-order valence-corrected chi connectivity index (χ1v) is 19.9. The van der Waals surface area contributed by atoms with E-state index >= 15 is 4.79 Å². The maximum atomic E-state index is 15.3. The lowest BCUT2D eigenvalue weighted by atomic mass is 9.96. The summed E-state index contributed by atoms with van der Waals surface area (Å²) >= 11 is 3.49. The van der Waals surface area contributed by atoms with Gasteiger partial charge in [0.25, 0.3) is 0 Å². The summed E-state index contributed by atoms with van der Waals surface area (Å²) in [5.41, 5.74) is 1.91. The SMILES string of the molecule is CC(C)N1CCN(C(C(=O)C(c2csc(CN3CCCCC3)n2)N2CCN(C(C)C)CC2)c2csc(CN3CCCCC3)n2)CC1. The molecule has 4 aliphatic rings. The van der Waals surface area contributed by atoms with Crippen molar-refractivity contribution in [3.8, 4) is 0 Å². The predicted octanol–water partition coefficient (Wildman–Crippen LogP) is 4.97. The molecule has 0 saturated carbocycles. The molecule has 9 nitrogen and oxygen atoms in total. The van der Waals surface area contributed by atoms with Crippen LogP contribution in [0.25, 0.3) is 0 Å². The van der Waals surface area contributed by atoms with E-state index in [2.05, 4.69) is 67.9 Å². The molecule has 2 atom stereocenters. The van der Waals surface area contributed by atoms with E-state index in [1.807, 2.05) is 0 Å². The number of Topliss-reactive ketones (excluding diaryl/α,β-unsaturated/α-hetero) is 1. The Hall–Kier alpha value is -1.31. The second kappa shape index (κ2) is 16.4. The molecule has 0 N–H and O–H groups in total. The summed E-state index contributed by atoms with van der Waals surface area (Å²) in [7, 11) is 0. The number of likely N-dealkylation sites (tertiary alicyclic amines) is 2. The van der Waals surface area contributed by atoms with Gasteiger partial charge in [0, 0.05) is 75.2 Å². The summed E-state index contributed by atoms with van der Waals surface area (Å²) in [5.74, 6) is 0.264. The first-order chi connectivity index (χ1) is 22.4. The van der Waals surface area contributed by atoms with Crippen LogP contribution < -0.4 is 0 Å². The van der Waals surface area contributed by atoms with Crippen LogP contribution in [0, 0.1) is 0 Å². The summed E-state index contributed by atoms with van der Waals surface area (Å²) in [5, 5.41) is 6.70. The van der Waals surface area contributed by atoms with Gasteiger partial charge in [0.2, 0.25) is 0 Å². The second-order valence-electron chi connectivity index (χ2n) is 14.5. The molecule has 11 heteroatoms. The Morgan fingerprint density at radius 3 is 1.26 bits per heavy atom. The molecule has 0 radical (unpaired) electrons. The summed E-state index contributed by atoms with van der Waals surface area (Å²) in [4.78, 5) is 40.8. The van der Waals surface area contributed by atoms with E-state index in [9.17, 15) is 0 Å². The minimum atomic E-state index is -0.346. The van der Waals surface area contributed by atoms with Gasteiger partial charge in [-0.15, -0.1) is 22.7 Å². The number of hydrogen-bond donors (Lipinski definition) is 0. The lowest BCUT2D eigenvalue weighted by Gasteiger charge is -2.43. The molecule has 2 aromatic rings. The van der Waals surface area contributed by atoms with Gasteiger partial charge in [0.1, 0.15) is 22.1 Å². The van der Waals surface area contributed by atoms with Crippen molar-refractivity contribution in [2.45, 2.75) is 103 Å². The number of hydrogen-bond acceptors (Lipinski definition) is 11. The summed E-state index contributed by atoms with van der Waals surface area (Å²) in [6.07, 6.45) is 7.78. The Labute approximate surface area is 285 Å². The van der Waals surface area contributed by atoms with Crippen molar-refractivity contribution in [1.82, 2.24) is 39.4 Å². The highest BCUT2D eigenvalue weighted by atomic mass is 32.1. The van der Waals surface area contributed by atoms with Gasteiger partial charge in [0.05, 0.1) is 24.5 Å². The van der Waals surface area contributed by atoms with Crippen LogP contribution in [0.1, 0.15) is 99.7 Å². The van der Waals surface area contributed by atoms with Gasteiger partial charge >= 0.3 is 0 Å². The zero-order valence-corrected chi connectivity index (χ0v) is 30.5. The fraction of sp³-hybridized carbons (Fsp3) is 0.800. The van der Waals surface area contributed by atoms with Crippen molar-refractivity contribution >= 4 is 28.5 Å². The van der Waals surface area contributed by atoms with Crippen LogP contribution >= 0.6 is 22.7 Å². The molecule has 6 rings (SSSR count). The number of thiazole rings is 2. The van der Waals surface area contributed by atoms with Crippen molar-refractivity contribution in [3.63, 3.8) is 0 Å². The number of nitrogens with zero attached hydrogens (tertiary/aromatic N) is 8. The maximum absolute atomic E-state index is 15.3. The Balaban J connectivity index is 1.28. The third-order valence-corrected chi connectivity index (χ3v) is 12.4. The molecule has 6 heterocycles. The molecule has 0 aliphatic carbocycles. The first-order valence-electron chi connectivity index (χ1n) is 18.2. The van der Waals surface area contributed by atoms with Crippen LogP contribution in [-0.4, -0.2) is 136 Å². The molecule has 0 bridgehead atoms. The summed E-state index contributed by atoms with van der Waals surface area (Å²) in [6.45, 7) is 23.0. The molecule has 256 valence electrons. The van der Waals surface area contributed by atoms with Crippen molar-refractivity contribution in [2.75, 3.05) is 78.5 Å². The zero-order valence-electron chi connectivity index (χ0n) is 28.9. The maximum Gasteiger partial charge on any atom is 0.179 e. The van der Waals surface area contributed by atoms with Gasteiger partial charge in [0.15, 0.2) is 5.78 Å². The smallest absolute Gasteiger partial charge is 0.179 e. The van der Waals surface area contributed by atoms with Crippen molar-refractivity contribution in [2.24, 2.45) is 0 Å². The highest BCUT2D eigenvalue weighted by molar-refractivity contribution is 7.10. The number of piperidine rings is 2. The van der Waals surface area contributed by atoms with Gasteiger partial charge in [-0.25, -0.2) is 9.97 Å². The average molecular weight is 671 g/mol. The van der Waals surface area contributed by atoms with Crippen molar-refractivity contribution in [3.05, 3.63) is 32.2 Å². The van der Waals surface area contributed by atoms with Gasteiger partial charge < -0.3 is 0 Å². The number of piperazine rings is 2. The number of carbonyl (C=O) groups is 1. The Bertz CT molecular complexity index is 1130. The molecule has 0 spiro atoms. The van der Waals surface area contributed by atoms with E-state index in [1.54, 1.807) is 22.7 Å². The lowest BCUT2D eigenvalue weighted by Crippen LogP contribution is -2.54. The van der Waals surface area contributed by atoms with Crippen molar-refractivity contribution < 1.29 is 4.79 Å². The number of ketones is 1. The van der Waals surface area contributed by atoms with E-state index in [0.29, 0.717) is 12.1 Å². The molecule has 2 aromatic heterocycles. The fourth-order valence-electron chi connectivity index (χ4n) is 7.86. The normalized spacial score (nSPS) is 23.8. The minimum absolute atomic E-state index is 0.264. The van der Waals surface area contributed by atoms with E-state index in [0.717, 1.165) is 113 Å². The molecule has 0 aromatic carbocycles. The molecular formula is C35H58N8OS2. The van der Waals surface area contributed by atoms with Gasteiger partial charge in [-0.2, -0.15) is 0 Å². The van der Waals surface area contributed by atoms with Crippen LogP contribution in [0.3, 0.4) is 0 Å². The second-order valence-corrected chi connectivity index (χ2v) is 16.4. The van der Waals surface area contributed by atoms with Crippen LogP contribution in [0.5, 0.6) is 0 Å². The van der Waals surface area contributed by atoms with E-state index in [4.69, 9.17) is 9.97 Å². The third-order valence-electron chi connectivity index (χ3n) is 10.7. The average Bonchev–Trinajstić information content (AvgIpc) is 3.72. The van der Waals surface area contributed by atoms with Crippen LogP contribution in [0.15, 0.2) is 10.8 Å². The largest absolute Gasteiger partial charge is 0.298 e. The zero-order chi connectivity index (χ0) is 32.0. The van der Waals surface area contributed by atoms with Crippen LogP contribution in [0.4, 0.5) is 0 Å². The standard InChI is InChI=1S/C35H58N8OS2/c1-27(2)40-15-19-42(20-16-40)33(29-25-45-31(36-29)23-38-11-7-5-8-12-38)35(44)34(43-21-17-41(18-22-43)28(3)4)30-26-46-32(37-30)24-39-13-9-6-10-14-39/h25-28,33-34H,5-24H2,1-4H3. The minimum Gasteiger partial charge on any atom is -0.298 e. The van der Waals surface area contributed by atoms with Gasteiger partial charge in [-0.3, -0.25) is 34.2 Å². The molecular weight excluding hydrogens is 613 g/mol. The molecule has 4 fully saturated rings. The topological polar surface area (TPSA) is 62.3 Å². The quantitative estimate of drug-likeness (QED) is 0.312. The molecule has 0 amide bonds. The highest BCUT2D eigenvalue weighted by Crippen LogP contribution is 2.35. The molecule has 46 heavy (non-hydrogen) atoms. The Kier molecular flexibility index (Phi) is 12.3. The molecule has 4 aliphatic heterocycles. The molecule has 2 unspecified atom stereocenters. The fourth-order valence-corrected chi connectivity index (χ4v) is 9.57. The Morgan fingerprint density at radius 1 is 0.565 bits per heavy atom. The van der Waals surface area contributed by atoms with Crippen LogP contribution in [0.2, 0.25) is 0 Å². The predicted molar refractivity (Wildman–Crippen MR) is 190 cm³/mol. The summed E-state index contributed by atoms with van der Waals surface area (Å²) < 4.78 is 0. The van der Waals surface area contributed by atoms with Gasteiger partial charge in [-0.1, -0.05) is 12.8 Å². The molecule has 4 saturated heterocycles. The number of aromatic nitrogens is 2. The monoisotopic (exact) mass is 670 g/mol. The van der Waals surface area contributed by atoms with Crippen molar-refractivity contribution in [1.29, 1.82) is 0 Å². The third kappa shape index (κ3) is 8.64. The Morgan fingerprint density at radius 2 is 0.913 bits per heavy atom. The van der Waals surface area contributed by atoms with E-state index < -0.39 is 0 Å². The number of carbonyl (C=O) groups excluding carboxylic acids is 1. The number of rotatable bonds is 12. The van der Waals surface area contributed by atoms with Crippen LogP contribution in [-0.2, 0) is 17.9 Å². The van der Waals surface area contributed by atoms with E-state index in [1.165, 1.54) is 38.5 Å².